The summed E-state index contributed by atoms with van der Waals surface area (Å²) in [5, 5.41) is 21.7. The second-order valence-electron chi connectivity index (χ2n) is 11.5. The molecule has 0 aliphatic carbocycles. The maximum absolute atomic E-state index is 13.4. The van der Waals surface area contributed by atoms with Crippen LogP contribution in [0.4, 0.5) is 5.82 Å². The summed E-state index contributed by atoms with van der Waals surface area (Å²) in [5.74, 6) is 0.190. The number of aromatic nitrogens is 3. The summed E-state index contributed by atoms with van der Waals surface area (Å²) in [7, 11) is 1.81. The van der Waals surface area contributed by atoms with Gasteiger partial charge in [-0.05, 0) is 68.7 Å². The first-order chi connectivity index (χ1) is 20.5. The van der Waals surface area contributed by atoms with Crippen LogP contribution < -0.4 is 10.6 Å². The molecule has 1 fully saturated rings. The number of carbonyl (C=O) groups is 2. The van der Waals surface area contributed by atoms with Crippen LogP contribution in [0.2, 0.25) is 0 Å². The van der Waals surface area contributed by atoms with Gasteiger partial charge in [0, 0.05) is 43.3 Å². The molecule has 0 spiro atoms. The number of hydrogen-bond acceptors (Lipinski definition) is 6. The van der Waals surface area contributed by atoms with E-state index in [0.29, 0.717) is 30.0 Å². The van der Waals surface area contributed by atoms with Gasteiger partial charge in [0.05, 0.1) is 11.1 Å². The third-order valence-electron chi connectivity index (χ3n) is 8.62. The van der Waals surface area contributed by atoms with Crippen molar-refractivity contribution in [1.29, 1.82) is 0 Å². The number of amides is 1. The Morgan fingerprint density at radius 2 is 1.98 bits per heavy atom. The fourth-order valence-electron chi connectivity index (χ4n) is 6.35. The zero-order valence-electron chi connectivity index (χ0n) is 24.1. The molecule has 0 unspecified atom stereocenters. The van der Waals surface area contributed by atoms with Gasteiger partial charge in [-0.15, -0.1) is 0 Å². The van der Waals surface area contributed by atoms with Crippen molar-refractivity contribution in [3.63, 3.8) is 0 Å². The molecule has 218 valence electrons. The summed E-state index contributed by atoms with van der Waals surface area (Å²) >= 11 is 0. The van der Waals surface area contributed by atoms with Gasteiger partial charge in [0.2, 0.25) is 0 Å². The van der Waals surface area contributed by atoms with Gasteiger partial charge in [-0.2, -0.15) is 5.10 Å². The molecule has 2 aromatic heterocycles. The number of nitrogens with zero attached hydrogens (tertiary/aromatic N) is 4. The van der Waals surface area contributed by atoms with E-state index in [9.17, 15) is 14.7 Å². The van der Waals surface area contributed by atoms with E-state index in [1.54, 1.807) is 10.7 Å². The number of carboxylic acid groups (broad SMARTS) is 1. The molecule has 1 saturated heterocycles. The lowest BCUT2D eigenvalue weighted by atomic mass is 10.00. The third-order valence-corrected chi connectivity index (χ3v) is 8.62. The van der Waals surface area contributed by atoms with E-state index in [1.165, 1.54) is 5.56 Å². The van der Waals surface area contributed by atoms with Crippen molar-refractivity contribution in [1.82, 2.24) is 25.0 Å². The number of aliphatic carboxylic acids is 1. The van der Waals surface area contributed by atoms with E-state index in [-0.39, 0.29) is 0 Å². The van der Waals surface area contributed by atoms with Gasteiger partial charge in [-0.3, -0.25) is 9.48 Å². The lowest BCUT2D eigenvalue weighted by Crippen LogP contribution is -2.43. The van der Waals surface area contributed by atoms with Crippen LogP contribution in [0.3, 0.4) is 0 Å². The maximum Gasteiger partial charge on any atom is 0.326 e. The quantitative estimate of drug-likeness (QED) is 0.259. The number of carbonyl (C=O) groups excluding carboxylic acids is 1. The molecular formula is C33H38N6O3. The van der Waals surface area contributed by atoms with Gasteiger partial charge in [0.15, 0.2) is 0 Å². The normalized spacial score (nSPS) is 17.5. The number of hydrogen-bond donors (Lipinski definition) is 3. The van der Waals surface area contributed by atoms with Gasteiger partial charge in [-0.25, -0.2) is 9.78 Å². The highest BCUT2D eigenvalue weighted by Gasteiger charge is 2.27. The second-order valence-corrected chi connectivity index (χ2v) is 11.5. The van der Waals surface area contributed by atoms with E-state index in [1.807, 2.05) is 49.5 Å². The highest BCUT2D eigenvalue weighted by molar-refractivity contribution is 6.09. The fourth-order valence-corrected chi connectivity index (χ4v) is 6.35. The number of benzene rings is 2. The third kappa shape index (κ3) is 6.01. The standard InChI is InChI=1S/C33H38N6O3/c1-38-30-26(29(37-38)23-7-3-2-4-8-23)10-5-11-27(30)32(40)36-28(33(41)42)17-20-39-19-16-22(21-39)12-14-25-15-13-24-9-6-18-34-31(24)35-25/h2-5,7-8,10-11,13,15,22,28H,6,9,12,14,16-21H2,1H3,(H,34,35)(H,36,40)(H,41,42)/t22-,28+/m1/s1. The molecule has 4 aromatic rings. The van der Waals surface area contributed by atoms with Gasteiger partial charge >= 0.3 is 5.97 Å². The van der Waals surface area contributed by atoms with Crippen LogP contribution in [0, 0.1) is 5.92 Å². The van der Waals surface area contributed by atoms with Crippen LogP contribution in [0.25, 0.3) is 22.2 Å². The summed E-state index contributed by atoms with van der Waals surface area (Å²) in [6.45, 7) is 3.51. The molecule has 0 saturated carbocycles. The Balaban J connectivity index is 1.05. The average molecular weight is 567 g/mol. The minimum absolute atomic E-state index is 0.350. The first-order valence-electron chi connectivity index (χ1n) is 15.0. The van der Waals surface area contributed by atoms with E-state index in [4.69, 9.17) is 4.98 Å². The molecule has 42 heavy (non-hydrogen) atoms. The molecular weight excluding hydrogens is 528 g/mol. The first kappa shape index (κ1) is 27.9. The van der Waals surface area contributed by atoms with Gasteiger partial charge < -0.3 is 20.6 Å². The van der Waals surface area contributed by atoms with Crippen LogP contribution in [0.5, 0.6) is 0 Å². The number of nitrogens with one attached hydrogen (secondary N) is 2. The molecule has 2 aliphatic heterocycles. The largest absolute Gasteiger partial charge is 0.480 e. The topological polar surface area (TPSA) is 112 Å². The summed E-state index contributed by atoms with van der Waals surface area (Å²) < 4.78 is 1.70. The monoisotopic (exact) mass is 566 g/mol. The van der Waals surface area contributed by atoms with Crippen LogP contribution in [0.1, 0.15) is 47.3 Å². The SMILES string of the molecule is Cn1nc(-c2ccccc2)c2cccc(C(=O)N[C@@H](CCN3CC[C@@H](CCc4ccc5c(n4)NCCC5)C3)C(=O)O)c21. The number of rotatable bonds is 10. The van der Waals surface area contributed by atoms with Crippen molar-refractivity contribution < 1.29 is 14.7 Å². The molecule has 2 aromatic carbocycles. The summed E-state index contributed by atoms with van der Waals surface area (Å²) in [4.78, 5) is 32.7. The number of pyridine rings is 1. The number of para-hydroxylation sites is 1. The summed E-state index contributed by atoms with van der Waals surface area (Å²) in [6.07, 6.45) is 5.73. The predicted molar refractivity (Wildman–Crippen MR) is 164 cm³/mol. The highest BCUT2D eigenvalue weighted by atomic mass is 16.4. The molecule has 3 N–H and O–H groups in total. The van der Waals surface area contributed by atoms with Crippen molar-refractivity contribution in [3.8, 4) is 11.3 Å². The Bertz CT molecular complexity index is 1580. The fraction of sp³-hybridized carbons (Fsp3) is 0.394. The Kier molecular flexibility index (Phi) is 8.19. The zero-order chi connectivity index (χ0) is 29.1. The smallest absolute Gasteiger partial charge is 0.326 e. The van der Waals surface area contributed by atoms with Crippen LogP contribution in [-0.2, 0) is 24.7 Å². The minimum atomic E-state index is -1.02. The maximum atomic E-state index is 13.4. The number of likely N-dealkylation sites (tertiary alicyclic amines) is 1. The lowest BCUT2D eigenvalue weighted by Gasteiger charge is -2.20. The minimum Gasteiger partial charge on any atom is -0.480 e. The molecule has 9 nitrogen and oxygen atoms in total. The molecule has 2 aliphatic rings. The summed E-state index contributed by atoms with van der Waals surface area (Å²) in [6, 6.07) is 18.7. The van der Waals surface area contributed by atoms with E-state index in [0.717, 1.165) is 79.9 Å². The molecule has 2 atom stereocenters. The van der Waals surface area contributed by atoms with Crippen molar-refractivity contribution in [2.75, 3.05) is 31.5 Å². The second kappa shape index (κ2) is 12.3. The summed E-state index contributed by atoms with van der Waals surface area (Å²) in [5.41, 5.74) is 5.30. The first-order valence-corrected chi connectivity index (χ1v) is 15.0. The molecule has 0 bridgehead atoms. The molecule has 4 heterocycles. The zero-order valence-corrected chi connectivity index (χ0v) is 24.1. The Hall–Kier alpha value is -4.24. The Labute approximate surface area is 245 Å². The van der Waals surface area contributed by atoms with E-state index >= 15 is 0 Å². The van der Waals surface area contributed by atoms with E-state index in [2.05, 4.69) is 32.8 Å². The lowest BCUT2D eigenvalue weighted by molar-refractivity contribution is -0.139. The average Bonchev–Trinajstić information content (AvgIpc) is 3.62. The number of carboxylic acids is 1. The van der Waals surface area contributed by atoms with Gasteiger partial charge in [-0.1, -0.05) is 48.5 Å². The number of anilines is 1. The number of fused-ring (bicyclic) bond motifs is 2. The Morgan fingerprint density at radius 1 is 1.12 bits per heavy atom. The van der Waals surface area contributed by atoms with Gasteiger partial charge in [0.25, 0.3) is 5.91 Å². The predicted octanol–water partition coefficient (Wildman–Crippen LogP) is 4.52. The van der Waals surface area contributed by atoms with Gasteiger partial charge in [0.1, 0.15) is 17.6 Å². The van der Waals surface area contributed by atoms with Crippen LogP contribution >= 0.6 is 0 Å². The molecule has 6 rings (SSSR count). The van der Waals surface area contributed by atoms with E-state index < -0.39 is 17.9 Å². The van der Waals surface area contributed by atoms with Crippen LogP contribution in [0.15, 0.2) is 60.7 Å². The highest BCUT2D eigenvalue weighted by Crippen LogP contribution is 2.30. The molecule has 9 heteroatoms. The molecule has 1 amide bonds. The van der Waals surface area contributed by atoms with Crippen molar-refractivity contribution in [2.45, 2.75) is 44.6 Å². The van der Waals surface area contributed by atoms with Crippen molar-refractivity contribution in [3.05, 3.63) is 77.5 Å². The number of aryl methyl sites for hydroxylation is 3. The Morgan fingerprint density at radius 3 is 2.81 bits per heavy atom. The van der Waals surface area contributed by atoms with Crippen molar-refractivity contribution in [2.24, 2.45) is 13.0 Å². The van der Waals surface area contributed by atoms with Crippen LogP contribution in [-0.4, -0.2) is 68.9 Å². The van der Waals surface area contributed by atoms with Crippen molar-refractivity contribution >= 4 is 28.6 Å². The molecule has 0 radical (unpaired) electrons.